The molecule has 0 aliphatic carbocycles. The van der Waals surface area contributed by atoms with Crippen LogP contribution in [0.3, 0.4) is 0 Å². The van der Waals surface area contributed by atoms with E-state index in [4.69, 9.17) is 9.47 Å². The first-order valence-electron chi connectivity index (χ1n) is 8.45. The highest BCUT2D eigenvalue weighted by atomic mass is 16.5. The van der Waals surface area contributed by atoms with E-state index in [1.54, 1.807) is 6.20 Å². The number of ether oxygens (including phenoxy) is 2. The van der Waals surface area contributed by atoms with Crippen LogP contribution in [0.1, 0.15) is 6.42 Å². The molecule has 1 saturated heterocycles. The topological polar surface area (TPSA) is 86.5 Å². The molecule has 5 heterocycles. The highest BCUT2D eigenvalue weighted by Crippen LogP contribution is 2.27. The maximum absolute atomic E-state index is 5.96. The molecule has 1 aliphatic rings. The highest BCUT2D eigenvalue weighted by Gasteiger charge is 2.17. The van der Waals surface area contributed by atoms with Gasteiger partial charge in [0.2, 0.25) is 11.8 Å². The molecule has 8 heteroatoms. The molecule has 0 amide bonds. The molecule has 0 aromatic carbocycles. The molecule has 5 rings (SSSR count). The van der Waals surface area contributed by atoms with Crippen molar-refractivity contribution in [2.75, 3.05) is 13.1 Å². The van der Waals surface area contributed by atoms with Crippen LogP contribution in [-0.4, -0.2) is 43.5 Å². The van der Waals surface area contributed by atoms with E-state index in [-0.39, 0.29) is 6.10 Å². The van der Waals surface area contributed by atoms with Gasteiger partial charge in [-0.1, -0.05) is 0 Å². The second-order valence-electron chi connectivity index (χ2n) is 6.09. The molecule has 26 heavy (non-hydrogen) atoms. The number of rotatable bonds is 4. The first kappa shape index (κ1) is 15.0. The Hall–Kier alpha value is -3.26. The van der Waals surface area contributed by atoms with Crippen molar-refractivity contribution in [1.82, 2.24) is 29.7 Å². The zero-order valence-electron chi connectivity index (χ0n) is 13.9. The normalized spacial score (nSPS) is 17.0. The van der Waals surface area contributed by atoms with Crippen molar-refractivity contribution in [3.05, 3.63) is 49.2 Å². The molecule has 1 atom stereocenters. The number of nitrogens with one attached hydrogen (secondary N) is 1. The summed E-state index contributed by atoms with van der Waals surface area (Å²) in [4.78, 5) is 17.3. The zero-order chi connectivity index (χ0) is 17.3. The van der Waals surface area contributed by atoms with Crippen molar-refractivity contribution in [3.8, 4) is 17.5 Å². The molecule has 130 valence electrons. The number of pyridine rings is 2. The summed E-state index contributed by atoms with van der Waals surface area (Å²) in [5.41, 5.74) is 2.07. The maximum atomic E-state index is 5.96. The molecule has 0 unspecified atom stereocenters. The summed E-state index contributed by atoms with van der Waals surface area (Å²) >= 11 is 0. The minimum absolute atomic E-state index is 0.136. The number of nitrogens with zero attached hydrogens (tertiary/aromatic N) is 5. The van der Waals surface area contributed by atoms with Crippen molar-refractivity contribution in [2.45, 2.75) is 12.5 Å². The fourth-order valence-corrected chi connectivity index (χ4v) is 3.01. The van der Waals surface area contributed by atoms with Gasteiger partial charge in [0.25, 0.3) is 0 Å². The number of imidazole rings is 1. The zero-order valence-corrected chi connectivity index (χ0v) is 13.9. The van der Waals surface area contributed by atoms with Crippen molar-refractivity contribution in [3.63, 3.8) is 0 Å². The molecular weight excluding hydrogens is 332 g/mol. The Labute approximate surface area is 148 Å². The van der Waals surface area contributed by atoms with Gasteiger partial charge >= 0.3 is 0 Å². The average molecular weight is 348 g/mol. The number of fused-ring (bicyclic) bond motifs is 2. The minimum Gasteiger partial charge on any atom is -0.473 e. The van der Waals surface area contributed by atoms with Gasteiger partial charge in [0, 0.05) is 37.3 Å². The van der Waals surface area contributed by atoms with Gasteiger partial charge in [0.15, 0.2) is 5.52 Å². The molecule has 0 saturated carbocycles. The van der Waals surface area contributed by atoms with Crippen LogP contribution in [-0.2, 0) is 0 Å². The molecule has 1 N–H and O–H groups in total. The summed E-state index contributed by atoms with van der Waals surface area (Å²) in [5.74, 6) is 1.58. The predicted octanol–water partition coefficient (Wildman–Crippen LogP) is 2.21. The van der Waals surface area contributed by atoms with E-state index in [1.165, 1.54) is 6.33 Å². The summed E-state index contributed by atoms with van der Waals surface area (Å²) in [5, 5.41) is 3.28. The SMILES string of the molecule is c1nc(Oc2ccn3ccnc3c2)c2nc(O[C@H]3CCNC3)ccc2n1. The Kier molecular flexibility index (Phi) is 3.60. The third-order valence-corrected chi connectivity index (χ3v) is 4.31. The lowest BCUT2D eigenvalue weighted by Crippen LogP contribution is -2.20. The Balaban J connectivity index is 1.49. The van der Waals surface area contributed by atoms with Crippen LogP contribution in [0.2, 0.25) is 0 Å². The van der Waals surface area contributed by atoms with Gasteiger partial charge in [-0.2, -0.15) is 4.98 Å². The largest absolute Gasteiger partial charge is 0.473 e. The summed E-state index contributed by atoms with van der Waals surface area (Å²) in [6, 6.07) is 7.39. The van der Waals surface area contributed by atoms with E-state index in [0.717, 1.165) is 25.2 Å². The van der Waals surface area contributed by atoms with Gasteiger partial charge in [-0.3, -0.25) is 0 Å². The van der Waals surface area contributed by atoms with E-state index in [2.05, 4.69) is 25.3 Å². The van der Waals surface area contributed by atoms with Gasteiger partial charge in [-0.15, -0.1) is 0 Å². The monoisotopic (exact) mass is 348 g/mol. The number of hydrogen-bond acceptors (Lipinski definition) is 7. The molecule has 4 aromatic heterocycles. The fourth-order valence-electron chi connectivity index (χ4n) is 3.01. The maximum Gasteiger partial charge on any atom is 0.249 e. The van der Waals surface area contributed by atoms with Crippen LogP contribution in [0.25, 0.3) is 16.7 Å². The molecule has 1 aliphatic heterocycles. The van der Waals surface area contributed by atoms with Crippen LogP contribution < -0.4 is 14.8 Å². The van der Waals surface area contributed by atoms with Crippen molar-refractivity contribution < 1.29 is 9.47 Å². The first-order valence-corrected chi connectivity index (χ1v) is 8.45. The molecule has 1 fully saturated rings. The molecule has 8 nitrogen and oxygen atoms in total. The van der Waals surface area contributed by atoms with Gasteiger partial charge in [0.1, 0.15) is 23.8 Å². The standard InChI is InChI=1S/C18H16N6O2/c1-2-16(25-13-3-5-19-10-13)23-17-14(1)21-11-22-18(17)26-12-4-7-24-8-6-20-15(24)9-12/h1-2,4,6-9,11,13,19H,3,5,10H2/t13-/m0/s1. The smallest absolute Gasteiger partial charge is 0.249 e. The fraction of sp³-hybridized carbons (Fsp3) is 0.222. The van der Waals surface area contributed by atoms with E-state index >= 15 is 0 Å². The van der Waals surface area contributed by atoms with E-state index in [1.807, 2.05) is 41.1 Å². The summed E-state index contributed by atoms with van der Waals surface area (Å²) in [7, 11) is 0. The van der Waals surface area contributed by atoms with Crippen molar-refractivity contribution in [2.24, 2.45) is 0 Å². The summed E-state index contributed by atoms with van der Waals surface area (Å²) in [6.45, 7) is 1.80. The van der Waals surface area contributed by atoms with Gasteiger partial charge < -0.3 is 19.2 Å². The van der Waals surface area contributed by atoms with E-state index in [0.29, 0.717) is 28.5 Å². The van der Waals surface area contributed by atoms with Gasteiger partial charge in [0.05, 0.1) is 5.52 Å². The second-order valence-corrected chi connectivity index (χ2v) is 6.09. The molecule has 0 spiro atoms. The minimum atomic E-state index is 0.136. The number of hydrogen-bond donors (Lipinski definition) is 1. The lowest BCUT2D eigenvalue weighted by Gasteiger charge is -2.12. The van der Waals surface area contributed by atoms with Crippen LogP contribution in [0, 0.1) is 0 Å². The second kappa shape index (κ2) is 6.23. The number of aromatic nitrogens is 5. The first-order chi connectivity index (χ1) is 12.8. The van der Waals surface area contributed by atoms with Crippen LogP contribution >= 0.6 is 0 Å². The van der Waals surface area contributed by atoms with Crippen molar-refractivity contribution in [1.29, 1.82) is 0 Å². The highest BCUT2D eigenvalue weighted by molar-refractivity contribution is 5.79. The van der Waals surface area contributed by atoms with Crippen LogP contribution in [0.4, 0.5) is 0 Å². The lowest BCUT2D eigenvalue weighted by atomic mass is 10.3. The molecule has 4 aromatic rings. The lowest BCUT2D eigenvalue weighted by molar-refractivity contribution is 0.214. The van der Waals surface area contributed by atoms with Gasteiger partial charge in [-0.25, -0.2) is 15.0 Å². The third kappa shape index (κ3) is 2.80. The van der Waals surface area contributed by atoms with E-state index < -0.39 is 0 Å². The quantitative estimate of drug-likeness (QED) is 0.605. The predicted molar refractivity (Wildman–Crippen MR) is 94.5 cm³/mol. The Morgan fingerprint density at radius 2 is 2.12 bits per heavy atom. The average Bonchev–Trinajstić information content (AvgIpc) is 3.33. The molecule has 0 bridgehead atoms. The Morgan fingerprint density at radius 3 is 3.04 bits per heavy atom. The molecule has 0 radical (unpaired) electrons. The summed E-state index contributed by atoms with van der Waals surface area (Å²) < 4.78 is 13.8. The van der Waals surface area contributed by atoms with E-state index in [9.17, 15) is 0 Å². The Bertz CT molecular complexity index is 1070. The summed E-state index contributed by atoms with van der Waals surface area (Å²) in [6.07, 6.45) is 8.07. The van der Waals surface area contributed by atoms with Crippen LogP contribution in [0.5, 0.6) is 17.5 Å². The van der Waals surface area contributed by atoms with Crippen molar-refractivity contribution >= 4 is 16.7 Å². The van der Waals surface area contributed by atoms with Gasteiger partial charge in [-0.05, 0) is 25.1 Å². The van der Waals surface area contributed by atoms with Crippen LogP contribution in [0.15, 0.2) is 49.2 Å². The Morgan fingerprint density at radius 1 is 1.12 bits per heavy atom. The molecular formula is C18H16N6O2. The third-order valence-electron chi connectivity index (χ3n) is 4.31.